The molecule has 9 nitrogen and oxygen atoms in total. The molecule has 0 spiro atoms. The first-order chi connectivity index (χ1) is 17.0. The summed E-state index contributed by atoms with van der Waals surface area (Å²) in [6, 6.07) is 18.0. The SMILES string of the molecule is CC(C)c1ccccc1-n1c(SCCC(=O)Nc2ccccc2[N+](=O)[O-])nnc1-c1cccnc1. The van der Waals surface area contributed by atoms with Crippen molar-refractivity contribution in [3.8, 4) is 17.1 Å². The quantitative estimate of drug-likeness (QED) is 0.188. The molecule has 0 saturated carbocycles. The van der Waals surface area contributed by atoms with Crippen LogP contribution in [-0.2, 0) is 4.79 Å². The van der Waals surface area contributed by atoms with Crippen molar-refractivity contribution < 1.29 is 9.72 Å². The van der Waals surface area contributed by atoms with Crippen molar-refractivity contribution in [2.45, 2.75) is 31.3 Å². The van der Waals surface area contributed by atoms with Crippen molar-refractivity contribution in [2.24, 2.45) is 0 Å². The summed E-state index contributed by atoms with van der Waals surface area (Å²) in [5.41, 5.74) is 2.99. The monoisotopic (exact) mass is 488 g/mol. The number of pyridine rings is 1. The van der Waals surface area contributed by atoms with E-state index in [1.165, 1.54) is 23.9 Å². The summed E-state index contributed by atoms with van der Waals surface area (Å²) in [5.74, 6) is 1.05. The van der Waals surface area contributed by atoms with Gasteiger partial charge in [0.2, 0.25) is 5.91 Å². The number of nitrogens with zero attached hydrogens (tertiary/aromatic N) is 5. The van der Waals surface area contributed by atoms with Gasteiger partial charge in [0.25, 0.3) is 5.69 Å². The maximum atomic E-state index is 12.5. The summed E-state index contributed by atoms with van der Waals surface area (Å²) in [6.45, 7) is 4.26. The van der Waals surface area contributed by atoms with E-state index in [4.69, 9.17) is 0 Å². The van der Waals surface area contributed by atoms with Crippen LogP contribution in [0.1, 0.15) is 31.7 Å². The van der Waals surface area contributed by atoms with E-state index >= 15 is 0 Å². The van der Waals surface area contributed by atoms with E-state index in [0.717, 1.165) is 16.8 Å². The van der Waals surface area contributed by atoms with Crippen LogP contribution in [0.5, 0.6) is 0 Å². The van der Waals surface area contributed by atoms with Crippen LogP contribution in [0.4, 0.5) is 11.4 Å². The minimum atomic E-state index is -0.515. The van der Waals surface area contributed by atoms with Crippen LogP contribution < -0.4 is 5.32 Å². The van der Waals surface area contributed by atoms with Gasteiger partial charge in [0, 0.05) is 36.2 Å². The first-order valence-corrected chi connectivity index (χ1v) is 12.1. The highest BCUT2D eigenvalue weighted by atomic mass is 32.2. The second kappa shape index (κ2) is 10.9. The first kappa shape index (κ1) is 24.1. The number of aromatic nitrogens is 4. The summed E-state index contributed by atoms with van der Waals surface area (Å²) in [4.78, 5) is 27.4. The van der Waals surface area contributed by atoms with Gasteiger partial charge in [0.1, 0.15) is 5.69 Å². The second-order valence-electron chi connectivity index (χ2n) is 8.02. The van der Waals surface area contributed by atoms with Gasteiger partial charge < -0.3 is 5.32 Å². The topological polar surface area (TPSA) is 116 Å². The van der Waals surface area contributed by atoms with E-state index in [2.05, 4.69) is 40.4 Å². The lowest BCUT2D eigenvalue weighted by atomic mass is 10.0. The lowest BCUT2D eigenvalue weighted by Gasteiger charge is -2.16. The van der Waals surface area contributed by atoms with Crippen LogP contribution >= 0.6 is 11.8 Å². The summed E-state index contributed by atoms with van der Waals surface area (Å²) in [6.07, 6.45) is 3.60. The van der Waals surface area contributed by atoms with E-state index in [1.807, 2.05) is 34.9 Å². The molecule has 0 saturated heterocycles. The van der Waals surface area contributed by atoms with Crippen LogP contribution in [0.25, 0.3) is 17.1 Å². The predicted octanol–water partition coefficient (Wildman–Crippen LogP) is 5.48. The van der Waals surface area contributed by atoms with Crippen LogP contribution in [0.3, 0.4) is 0 Å². The zero-order valence-electron chi connectivity index (χ0n) is 19.3. The molecule has 2 aromatic heterocycles. The summed E-state index contributed by atoms with van der Waals surface area (Å²) >= 11 is 1.40. The molecule has 0 aliphatic rings. The number of para-hydroxylation sites is 3. The zero-order valence-corrected chi connectivity index (χ0v) is 20.1. The molecular weight excluding hydrogens is 464 g/mol. The minimum Gasteiger partial charge on any atom is -0.320 e. The Balaban J connectivity index is 1.57. The molecule has 0 fully saturated rings. The molecule has 4 aromatic rings. The Morgan fingerprint density at radius 2 is 1.86 bits per heavy atom. The van der Waals surface area contributed by atoms with Crippen LogP contribution in [-0.4, -0.2) is 36.3 Å². The lowest BCUT2D eigenvalue weighted by Crippen LogP contribution is -2.13. The molecule has 178 valence electrons. The molecule has 2 aromatic carbocycles. The first-order valence-electron chi connectivity index (χ1n) is 11.1. The molecule has 0 aliphatic carbocycles. The fourth-order valence-electron chi connectivity index (χ4n) is 3.63. The van der Waals surface area contributed by atoms with E-state index < -0.39 is 4.92 Å². The smallest absolute Gasteiger partial charge is 0.292 e. The fraction of sp³-hybridized carbons (Fsp3) is 0.200. The number of carbonyl (C=O) groups is 1. The number of nitrogens with one attached hydrogen (secondary N) is 1. The fourth-order valence-corrected chi connectivity index (χ4v) is 4.51. The van der Waals surface area contributed by atoms with E-state index in [9.17, 15) is 14.9 Å². The normalized spacial score (nSPS) is 10.9. The number of rotatable bonds is 9. The highest BCUT2D eigenvalue weighted by Gasteiger charge is 2.20. The van der Waals surface area contributed by atoms with E-state index in [-0.39, 0.29) is 29.6 Å². The van der Waals surface area contributed by atoms with Crippen LogP contribution in [0.2, 0.25) is 0 Å². The molecule has 35 heavy (non-hydrogen) atoms. The third kappa shape index (κ3) is 5.55. The number of nitro benzene ring substituents is 1. The summed E-state index contributed by atoms with van der Waals surface area (Å²) in [7, 11) is 0. The number of amides is 1. The highest BCUT2D eigenvalue weighted by Crippen LogP contribution is 2.32. The third-order valence-electron chi connectivity index (χ3n) is 5.29. The predicted molar refractivity (Wildman–Crippen MR) is 136 cm³/mol. The molecule has 0 atom stereocenters. The van der Waals surface area contributed by atoms with Crippen molar-refractivity contribution in [3.05, 3.63) is 88.7 Å². The molecule has 1 N–H and O–H groups in total. The molecule has 2 heterocycles. The van der Waals surface area contributed by atoms with Gasteiger partial charge in [-0.1, -0.05) is 55.9 Å². The van der Waals surface area contributed by atoms with E-state index in [1.54, 1.807) is 24.5 Å². The Morgan fingerprint density at radius 1 is 1.09 bits per heavy atom. The Morgan fingerprint density at radius 3 is 2.60 bits per heavy atom. The molecule has 10 heteroatoms. The largest absolute Gasteiger partial charge is 0.320 e. The Hall–Kier alpha value is -4.05. The van der Waals surface area contributed by atoms with E-state index in [0.29, 0.717) is 16.7 Å². The Bertz CT molecular complexity index is 1340. The van der Waals surface area contributed by atoms with Crippen molar-refractivity contribution in [3.63, 3.8) is 0 Å². The maximum Gasteiger partial charge on any atom is 0.292 e. The molecule has 4 rings (SSSR count). The van der Waals surface area contributed by atoms with Gasteiger partial charge in [0.15, 0.2) is 11.0 Å². The number of anilines is 1. The highest BCUT2D eigenvalue weighted by molar-refractivity contribution is 7.99. The Labute approximate surface area is 206 Å². The lowest BCUT2D eigenvalue weighted by molar-refractivity contribution is -0.383. The van der Waals surface area contributed by atoms with Gasteiger partial charge in [0.05, 0.1) is 10.6 Å². The standard InChI is InChI=1S/C25H24N6O3S/c1-17(2)19-9-3-5-11-21(19)30-24(18-8-7-14-26-16-18)28-29-25(30)35-15-13-23(32)27-20-10-4-6-12-22(20)31(33)34/h3-12,14,16-17H,13,15H2,1-2H3,(H,27,32). The van der Waals surface area contributed by atoms with Gasteiger partial charge in [-0.25, -0.2) is 0 Å². The number of hydrogen-bond acceptors (Lipinski definition) is 7. The molecule has 1 amide bonds. The van der Waals surface area contributed by atoms with Crippen LogP contribution in [0, 0.1) is 10.1 Å². The summed E-state index contributed by atoms with van der Waals surface area (Å²) in [5, 5.41) is 23.3. The van der Waals surface area contributed by atoms with Crippen molar-refractivity contribution in [2.75, 3.05) is 11.1 Å². The molecule has 0 bridgehead atoms. The van der Waals surface area contributed by atoms with Crippen molar-refractivity contribution in [1.29, 1.82) is 0 Å². The number of nitro groups is 1. The zero-order chi connectivity index (χ0) is 24.8. The molecule has 0 radical (unpaired) electrons. The second-order valence-corrected chi connectivity index (χ2v) is 9.08. The van der Waals surface area contributed by atoms with Crippen molar-refractivity contribution >= 4 is 29.0 Å². The number of benzene rings is 2. The third-order valence-corrected chi connectivity index (χ3v) is 6.22. The van der Waals surface area contributed by atoms with Crippen molar-refractivity contribution in [1.82, 2.24) is 19.7 Å². The number of thioether (sulfide) groups is 1. The summed E-state index contributed by atoms with van der Waals surface area (Å²) < 4.78 is 2.00. The average Bonchev–Trinajstić information content (AvgIpc) is 3.28. The van der Waals surface area contributed by atoms with Gasteiger partial charge >= 0.3 is 0 Å². The van der Waals surface area contributed by atoms with Gasteiger partial charge in [-0.05, 0) is 35.7 Å². The maximum absolute atomic E-state index is 12.5. The molecule has 0 aliphatic heterocycles. The minimum absolute atomic E-state index is 0.139. The van der Waals surface area contributed by atoms with Crippen LogP contribution in [0.15, 0.2) is 78.2 Å². The molecule has 0 unspecified atom stereocenters. The van der Waals surface area contributed by atoms with Gasteiger partial charge in [-0.3, -0.25) is 24.5 Å². The van der Waals surface area contributed by atoms with Gasteiger partial charge in [-0.15, -0.1) is 10.2 Å². The average molecular weight is 489 g/mol. The molecular formula is C25H24N6O3S. The number of hydrogen-bond donors (Lipinski definition) is 1. The Kier molecular flexibility index (Phi) is 7.51. The van der Waals surface area contributed by atoms with Gasteiger partial charge in [-0.2, -0.15) is 0 Å². The number of carbonyl (C=O) groups excluding carboxylic acids is 1.